The Kier molecular flexibility index (Phi) is 4.87. The van der Waals surface area contributed by atoms with E-state index < -0.39 is 0 Å². The van der Waals surface area contributed by atoms with Crippen LogP contribution in [0.1, 0.15) is 29.5 Å². The van der Waals surface area contributed by atoms with E-state index in [9.17, 15) is 4.79 Å². The molecule has 2 aromatic carbocycles. The molecule has 0 aromatic heterocycles. The van der Waals surface area contributed by atoms with Crippen molar-refractivity contribution < 1.29 is 9.53 Å². The minimum absolute atomic E-state index is 0.000846. The van der Waals surface area contributed by atoms with Crippen LogP contribution in [-0.2, 0) is 17.6 Å². The number of fused-ring (bicyclic) bond motifs is 1. The number of rotatable bonds is 4. The highest BCUT2D eigenvalue weighted by atomic mass is 35.5. The summed E-state index contributed by atoms with van der Waals surface area (Å²) < 4.78 is 5.63. The van der Waals surface area contributed by atoms with Crippen LogP contribution in [0.2, 0.25) is 5.02 Å². The molecule has 0 spiro atoms. The molecule has 0 heterocycles. The SMILES string of the molecule is Cc1cc(Cl)ccc1NC(=O)COc1ccc2c(c1)CCCC2. The van der Waals surface area contributed by atoms with Gasteiger partial charge in [-0.1, -0.05) is 17.7 Å². The zero-order valence-corrected chi connectivity index (χ0v) is 14.0. The Bertz CT molecular complexity index is 727. The van der Waals surface area contributed by atoms with Gasteiger partial charge in [0.15, 0.2) is 6.61 Å². The van der Waals surface area contributed by atoms with Crippen molar-refractivity contribution in [2.24, 2.45) is 0 Å². The molecule has 0 atom stereocenters. The van der Waals surface area contributed by atoms with Gasteiger partial charge in [0, 0.05) is 10.7 Å². The minimum atomic E-state index is -0.173. The number of nitrogens with one attached hydrogen (secondary N) is 1. The Balaban J connectivity index is 1.58. The Morgan fingerprint density at radius 1 is 1.13 bits per heavy atom. The number of carbonyl (C=O) groups excluding carboxylic acids is 1. The highest BCUT2D eigenvalue weighted by Gasteiger charge is 2.11. The fourth-order valence-corrected chi connectivity index (χ4v) is 3.13. The molecule has 0 aliphatic heterocycles. The number of aryl methyl sites for hydroxylation is 3. The van der Waals surface area contributed by atoms with Crippen LogP contribution in [0, 0.1) is 6.92 Å². The van der Waals surface area contributed by atoms with Crippen LogP contribution >= 0.6 is 11.6 Å². The first-order chi connectivity index (χ1) is 11.1. The average molecular weight is 330 g/mol. The lowest BCUT2D eigenvalue weighted by Crippen LogP contribution is -2.20. The predicted molar refractivity (Wildman–Crippen MR) is 93.4 cm³/mol. The first-order valence-electron chi connectivity index (χ1n) is 7.92. The van der Waals surface area contributed by atoms with Crippen LogP contribution in [0.15, 0.2) is 36.4 Å². The van der Waals surface area contributed by atoms with E-state index in [0.717, 1.165) is 29.8 Å². The molecule has 1 aliphatic carbocycles. The average Bonchev–Trinajstić information content (AvgIpc) is 2.55. The number of hydrogen-bond acceptors (Lipinski definition) is 2. The maximum Gasteiger partial charge on any atom is 0.262 e. The number of benzene rings is 2. The predicted octanol–water partition coefficient (Wildman–Crippen LogP) is 4.54. The van der Waals surface area contributed by atoms with Crippen molar-refractivity contribution in [3.8, 4) is 5.75 Å². The highest BCUT2D eigenvalue weighted by molar-refractivity contribution is 6.30. The minimum Gasteiger partial charge on any atom is -0.484 e. The van der Waals surface area contributed by atoms with E-state index in [1.807, 2.05) is 19.1 Å². The molecule has 23 heavy (non-hydrogen) atoms. The van der Waals surface area contributed by atoms with Crippen LogP contribution in [0.3, 0.4) is 0 Å². The summed E-state index contributed by atoms with van der Waals surface area (Å²) in [6.45, 7) is 1.91. The Morgan fingerprint density at radius 2 is 1.91 bits per heavy atom. The van der Waals surface area contributed by atoms with Gasteiger partial charge in [0.25, 0.3) is 5.91 Å². The maximum absolute atomic E-state index is 12.0. The molecule has 0 saturated heterocycles. The van der Waals surface area contributed by atoms with Crippen LogP contribution in [-0.4, -0.2) is 12.5 Å². The molecule has 3 rings (SSSR count). The van der Waals surface area contributed by atoms with Gasteiger partial charge in [-0.05, 0) is 79.6 Å². The summed E-state index contributed by atoms with van der Waals surface area (Å²) in [6.07, 6.45) is 4.73. The monoisotopic (exact) mass is 329 g/mol. The summed E-state index contributed by atoms with van der Waals surface area (Å²) in [6, 6.07) is 11.5. The molecule has 3 nitrogen and oxygen atoms in total. The van der Waals surface area contributed by atoms with E-state index in [1.54, 1.807) is 12.1 Å². The lowest BCUT2D eigenvalue weighted by atomic mass is 9.92. The molecular formula is C19H20ClNO2. The second-order valence-electron chi connectivity index (χ2n) is 5.93. The van der Waals surface area contributed by atoms with Gasteiger partial charge in [0.2, 0.25) is 0 Å². The van der Waals surface area contributed by atoms with Crippen molar-refractivity contribution in [1.29, 1.82) is 0 Å². The quantitative estimate of drug-likeness (QED) is 0.894. The van der Waals surface area contributed by atoms with E-state index in [-0.39, 0.29) is 12.5 Å². The zero-order chi connectivity index (χ0) is 16.2. The summed E-state index contributed by atoms with van der Waals surface area (Å²) in [5, 5.41) is 3.51. The summed E-state index contributed by atoms with van der Waals surface area (Å²) >= 11 is 5.92. The molecule has 2 aromatic rings. The van der Waals surface area contributed by atoms with Crippen molar-refractivity contribution in [3.05, 3.63) is 58.1 Å². The Morgan fingerprint density at radius 3 is 2.70 bits per heavy atom. The van der Waals surface area contributed by atoms with Crippen molar-refractivity contribution in [2.75, 3.05) is 11.9 Å². The molecule has 0 radical (unpaired) electrons. The van der Waals surface area contributed by atoms with Gasteiger partial charge < -0.3 is 10.1 Å². The van der Waals surface area contributed by atoms with E-state index in [1.165, 1.54) is 24.0 Å². The summed E-state index contributed by atoms with van der Waals surface area (Å²) in [5.74, 6) is 0.585. The largest absolute Gasteiger partial charge is 0.484 e. The second kappa shape index (κ2) is 7.05. The van der Waals surface area contributed by atoms with Gasteiger partial charge in [-0.2, -0.15) is 0 Å². The van der Waals surface area contributed by atoms with Crippen LogP contribution in [0.25, 0.3) is 0 Å². The maximum atomic E-state index is 12.0. The van der Waals surface area contributed by atoms with Gasteiger partial charge in [0.05, 0.1) is 0 Å². The Hall–Kier alpha value is -2.00. The topological polar surface area (TPSA) is 38.3 Å². The van der Waals surface area contributed by atoms with Gasteiger partial charge >= 0.3 is 0 Å². The normalized spacial score (nSPS) is 13.3. The first-order valence-corrected chi connectivity index (χ1v) is 8.30. The van der Waals surface area contributed by atoms with Gasteiger partial charge in [0.1, 0.15) is 5.75 Å². The molecule has 1 N–H and O–H groups in total. The first kappa shape index (κ1) is 15.9. The molecule has 0 bridgehead atoms. The molecule has 0 saturated carbocycles. The Labute approximate surface area is 141 Å². The number of ether oxygens (including phenoxy) is 1. The molecule has 0 unspecified atom stereocenters. The van der Waals surface area contributed by atoms with Crippen LogP contribution in [0.5, 0.6) is 5.75 Å². The van der Waals surface area contributed by atoms with E-state index in [4.69, 9.17) is 16.3 Å². The number of hydrogen-bond donors (Lipinski definition) is 1. The zero-order valence-electron chi connectivity index (χ0n) is 13.2. The van der Waals surface area contributed by atoms with E-state index >= 15 is 0 Å². The summed E-state index contributed by atoms with van der Waals surface area (Å²) in [4.78, 5) is 12.0. The summed E-state index contributed by atoms with van der Waals surface area (Å²) in [5.41, 5.74) is 4.45. The number of halogens is 1. The van der Waals surface area contributed by atoms with Gasteiger partial charge in [-0.25, -0.2) is 0 Å². The van der Waals surface area contributed by atoms with Crippen LogP contribution in [0.4, 0.5) is 5.69 Å². The highest BCUT2D eigenvalue weighted by Crippen LogP contribution is 2.25. The third kappa shape index (κ3) is 4.05. The molecule has 1 aliphatic rings. The molecular weight excluding hydrogens is 310 g/mol. The van der Waals surface area contributed by atoms with Gasteiger partial charge in [-0.15, -0.1) is 0 Å². The van der Waals surface area contributed by atoms with Crippen molar-refractivity contribution in [2.45, 2.75) is 32.6 Å². The van der Waals surface area contributed by atoms with Gasteiger partial charge in [-0.3, -0.25) is 4.79 Å². The smallest absolute Gasteiger partial charge is 0.262 e. The van der Waals surface area contributed by atoms with Crippen molar-refractivity contribution in [3.63, 3.8) is 0 Å². The fraction of sp³-hybridized carbons (Fsp3) is 0.316. The molecule has 0 fully saturated rings. The third-order valence-electron chi connectivity index (χ3n) is 4.15. The number of amides is 1. The molecule has 120 valence electrons. The third-order valence-corrected chi connectivity index (χ3v) is 4.39. The number of anilines is 1. The number of carbonyl (C=O) groups is 1. The van der Waals surface area contributed by atoms with E-state index in [0.29, 0.717) is 5.02 Å². The second-order valence-corrected chi connectivity index (χ2v) is 6.37. The lowest BCUT2D eigenvalue weighted by Gasteiger charge is -2.16. The van der Waals surface area contributed by atoms with Crippen LogP contribution < -0.4 is 10.1 Å². The van der Waals surface area contributed by atoms with E-state index in [2.05, 4.69) is 17.4 Å². The fourth-order valence-electron chi connectivity index (χ4n) is 2.90. The standard InChI is InChI=1S/C19H20ClNO2/c1-13-10-16(20)7-9-18(13)21-19(22)12-23-17-8-6-14-4-2-3-5-15(14)11-17/h6-11H,2-5,12H2,1H3,(H,21,22). The molecule has 4 heteroatoms. The lowest BCUT2D eigenvalue weighted by molar-refractivity contribution is -0.118. The molecule has 1 amide bonds. The van der Waals surface area contributed by atoms with Crippen molar-refractivity contribution >= 4 is 23.2 Å². The summed E-state index contributed by atoms with van der Waals surface area (Å²) in [7, 11) is 0. The van der Waals surface area contributed by atoms with Crippen molar-refractivity contribution in [1.82, 2.24) is 0 Å².